The molecule has 0 amide bonds. The number of rotatable bonds is 3. The van der Waals surface area contributed by atoms with Gasteiger partial charge in [-0.3, -0.25) is 4.84 Å². The van der Waals surface area contributed by atoms with Crippen molar-refractivity contribution in [1.82, 2.24) is 0 Å². The van der Waals surface area contributed by atoms with Crippen molar-refractivity contribution < 1.29 is 4.84 Å². The first kappa shape index (κ1) is 10.6. The zero-order valence-electron chi connectivity index (χ0n) is 9.57. The van der Waals surface area contributed by atoms with Gasteiger partial charge in [0, 0.05) is 5.69 Å². The molecule has 1 aromatic rings. The lowest BCUT2D eigenvalue weighted by molar-refractivity contribution is 0.185. The molecule has 1 heterocycles. The average molecular weight is 203 g/mol. The summed E-state index contributed by atoms with van der Waals surface area (Å²) >= 11 is 0. The Labute approximate surface area is 92.5 Å². The van der Waals surface area contributed by atoms with E-state index in [1.165, 1.54) is 17.7 Å². The molecule has 15 heavy (non-hydrogen) atoms. The third-order valence-corrected chi connectivity index (χ3v) is 3.12. The van der Waals surface area contributed by atoms with E-state index in [9.17, 15) is 0 Å². The van der Waals surface area contributed by atoms with Gasteiger partial charge in [-0.05, 0) is 36.4 Å². The van der Waals surface area contributed by atoms with Crippen molar-refractivity contribution in [3.8, 4) is 0 Å². The van der Waals surface area contributed by atoms with Crippen LogP contribution in [0.5, 0.6) is 0 Å². The highest BCUT2D eigenvalue weighted by Crippen LogP contribution is 2.23. The van der Waals surface area contributed by atoms with Crippen LogP contribution in [0.1, 0.15) is 31.7 Å². The highest BCUT2D eigenvalue weighted by molar-refractivity contribution is 6.41. The molecule has 0 aliphatic carbocycles. The van der Waals surface area contributed by atoms with Crippen molar-refractivity contribution in [2.45, 2.75) is 32.5 Å². The Bertz CT molecular complexity index is 306. The van der Waals surface area contributed by atoms with E-state index < -0.39 is 0 Å². The van der Waals surface area contributed by atoms with Gasteiger partial charge in [0.05, 0.1) is 6.61 Å². The minimum atomic E-state index is 0.651. The van der Waals surface area contributed by atoms with E-state index in [0.29, 0.717) is 5.92 Å². The van der Waals surface area contributed by atoms with Crippen LogP contribution in [0, 0.1) is 0 Å². The maximum Gasteiger partial charge on any atom is 0.275 e. The number of benzene rings is 1. The minimum Gasteiger partial charge on any atom is -0.305 e. The van der Waals surface area contributed by atoms with E-state index in [2.05, 4.69) is 38.1 Å². The Morgan fingerprint density at radius 2 is 2.13 bits per heavy atom. The van der Waals surface area contributed by atoms with Crippen LogP contribution in [-0.4, -0.2) is 14.0 Å². The molecule has 0 N–H and O–H groups in total. The van der Waals surface area contributed by atoms with E-state index in [1.807, 2.05) is 4.97 Å². The second-order valence-corrected chi connectivity index (χ2v) is 4.19. The predicted octanol–water partition coefficient (Wildman–Crippen LogP) is 2.72. The molecule has 0 saturated carbocycles. The first-order valence-electron chi connectivity index (χ1n) is 5.81. The molecule has 80 valence electrons. The van der Waals surface area contributed by atoms with Crippen LogP contribution < -0.4 is 4.97 Å². The van der Waals surface area contributed by atoms with E-state index in [1.54, 1.807) is 0 Å². The maximum atomic E-state index is 5.50. The average Bonchev–Trinajstić information content (AvgIpc) is 2.82. The van der Waals surface area contributed by atoms with Gasteiger partial charge in [0.15, 0.2) is 0 Å². The lowest BCUT2D eigenvalue weighted by Crippen LogP contribution is -2.18. The fraction of sp³-hybridized carbons (Fsp3) is 0.500. The molecule has 1 aliphatic rings. The molecule has 3 heteroatoms. The van der Waals surface area contributed by atoms with Gasteiger partial charge in [0.1, 0.15) is 0 Å². The second-order valence-electron chi connectivity index (χ2n) is 4.19. The van der Waals surface area contributed by atoms with Crippen LogP contribution in [0.25, 0.3) is 0 Å². The standard InChI is InChI=1S/C12H18BNO/c1-3-10(2)11-4-6-12(7-5-11)14-13-8-9-15-14/h4-7,10,13H,3,8-9H2,1-2H3. The monoisotopic (exact) mass is 203 g/mol. The molecule has 0 aromatic heterocycles. The summed E-state index contributed by atoms with van der Waals surface area (Å²) in [5, 5.41) is 0. The molecule has 1 atom stereocenters. The summed E-state index contributed by atoms with van der Waals surface area (Å²) in [4.78, 5) is 7.49. The number of hydrogen-bond donors (Lipinski definition) is 0. The van der Waals surface area contributed by atoms with Gasteiger partial charge in [-0.1, -0.05) is 26.0 Å². The fourth-order valence-corrected chi connectivity index (χ4v) is 1.86. The van der Waals surface area contributed by atoms with Crippen molar-refractivity contribution in [1.29, 1.82) is 0 Å². The Balaban J connectivity index is 2.09. The van der Waals surface area contributed by atoms with E-state index in [-0.39, 0.29) is 0 Å². The largest absolute Gasteiger partial charge is 0.305 e. The quantitative estimate of drug-likeness (QED) is 0.700. The van der Waals surface area contributed by atoms with Crippen LogP contribution in [-0.2, 0) is 4.84 Å². The molecular formula is C12H18BNO. The number of nitrogens with zero attached hydrogens (tertiary/aromatic N) is 1. The molecule has 0 spiro atoms. The summed E-state index contributed by atoms with van der Waals surface area (Å²) in [5.41, 5.74) is 2.60. The third-order valence-electron chi connectivity index (χ3n) is 3.12. The lowest BCUT2D eigenvalue weighted by Gasteiger charge is -2.17. The van der Waals surface area contributed by atoms with Crippen molar-refractivity contribution in [2.24, 2.45) is 0 Å². The molecule has 0 bridgehead atoms. The third kappa shape index (κ3) is 2.35. The van der Waals surface area contributed by atoms with E-state index in [0.717, 1.165) is 20.3 Å². The topological polar surface area (TPSA) is 12.5 Å². The Morgan fingerprint density at radius 1 is 1.40 bits per heavy atom. The van der Waals surface area contributed by atoms with Gasteiger partial charge in [0.25, 0.3) is 7.41 Å². The zero-order chi connectivity index (χ0) is 10.7. The highest BCUT2D eigenvalue weighted by atomic mass is 16.7. The van der Waals surface area contributed by atoms with Gasteiger partial charge >= 0.3 is 0 Å². The molecule has 1 aromatic carbocycles. The molecular weight excluding hydrogens is 185 g/mol. The van der Waals surface area contributed by atoms with Gasteiger partial charge in [0.2, 0.25) is 0 Å². The fourth-order valence-electron chi connectivity index (χ4n) is 1.86. The molecule has 2 nitrogen and oxygen atoms in total. The first-order valence-corrected chi connectivity index (χ1v) is 5.81. The van der Waals surface area contributed by atoms with E-state index >= 15 is 0 Å². The second kappa shape index (κ2) is 4.71. The number of hydrogen-bond acceptors (Lipinski definition) is 2. The minimum absolute atomic E-state index is 0.651. The summed E-state index contributed by atoms with van der Waals surface area (Å²) < 4.78 is 0. The van der Waals surface area contributed by atoms with Crippen LogP contribution in [0.3, 0.4) is 0 Å². The molecule has 1 aliphatic heterocycles. The molecule has 2 rings (SSSR count). The SMILES string of the molecule is CCC(C)c1ccc(N2BCCO2)cc1. The Morgan fingerprint density at radius 3 is 2.67 bits per heavy atom. The highest BCUT2D eigenvalue weighted by Gasteiger charge is 2.15. The van der Waals surface area contributed by atoms with Crippen LogP contribution in [0.2, 0.25) is 6.32 Å². The van der Waals surface area contributed by atoms with Gasteiger partial charge < -0.3 is 4.97 Å². The first-order chi connectivity index (χ1) is 7.31. The van der Waals surface area contributed by atoms with Crippen LogP contribution >= 0.6 is 0 Å². The van der Waals surface area contributed by atoms with Gasteiger partial charge in [-0.15, -0.1) is 0 Å². The Hall–Kier alpha value is -0.955. The summed E-state index contributed by atoms with van der Waals surface area (Å²) in [5.74, 6) is 0.651. The molecule has 1 unspecified atom stereocenters. The summed E-state index contributed by atoms with van der Waals surface area (Å²) in [6.07, 6.45) is 2.33. The Kier molecular flexibility index (Phi) is 3.32. The normalized spacial score (nSPS) is 17.6. The molecule has 0 radical (unpaired) electrons. The summed E-state index contributed by atoms with van der Waals surface area (Å²) in [6, 6.07) is 8.75. The van der Waals surface area contributed by atoms with Crippen molar-refractivity contribution in [3.63, 3.8) is 0 Å². The van der Waals surface area contributed by atoms with Crippen LogP contribution in [0.15, 0.2) is 24.3 Å². The predicted molar refractivity (Wildman–Crippen MR) is 65.5 cm³/mol. The van der Waals surface area contributed by atoms with Gasteiger partial charge in [-0.2, -0.15) is 0 Å². The lowest BCUT2D eigenvalue weighted by atomic mass is 9.90. The van der Waals surface area contributed by atoms with E-state index in [4.69, 9.17) is 4.84 Å². The summed E-state index contributed by atoms with van der Waals surface area (Å²) in [6.45, 7) is 5.34. The molecule has 1 saturated heterocycles. The van der Waals surface area contributed by atoms with Gasteiger partial charge in [-0.25, -0.2) is 0 Å². The summed E-state index contributed by atoms with van der Waals surface area (Å²) in [7, 11) is 1.02. The molecule has 1 fully saturated rings. The van der Waals surface area contributed by atoms with Crippen LogP contribution in [0.4, 0.5) is 5.69 Å². The van der Waals surface area contributed by atoms with Crippen molar-refractivity contribution >= 4 is 13.1 Å². The maximum absolute atomic E-state index is 5.50. The van der Waals surface area contributed by atoms with Crippen molar-refractivity contribution in [3.05, 3.63) is 29.8 Å². The van der Waals surface area contributed by atoms with Crippen molar-refractivity contribution in [2.75, 3.05) is 11.6 Å². The smallest absolute Gasteiger partial charge is 0.275 e. The number of anilines is 1. The zero-order valence-corrected chi connectivity index (χ0v) is 9.57.